The lowest BCUT2D eigenvalue weighted by atomic mass is 10.1. The number of rotatable bonds is 11. The molecule has 3 amide bonds. The second kappa shape index (κ2) is 11.0. The molecule has 2 aromatic carbocycles. The highest BCUT2D eigenvalue weighted by Gasteiger charge is 2.19. The van der Waals surface area contributed by atoms with Crippen LogP contribution in [0.3, 0.4) is 0 Å². The molecule has 0 aliphatic heterocycles. The van der Waals surface area contributed by atoms with Crippen molar-refractivity contribution in [3.8, 4) is 11.5 Å². The van der Waals surface area contributed by atoms with Crippen LogP contribution in [0.15, 0.2) is 48.7 Å². The molecule has 0 saturated carbocycles. The zero-order valence-corrected chi connectivity index (χ0v) is 18.0. The second-order valence-electron chi connectivity index (χ2n) is 7.52. The molecule has 8 N–H and O–H groups in total. The molecule has 0 bridgehead atoms. The number of carbonyl (C=O) groups is 3. The monoisotopic (exact) mass is 453 g/mol. The molecule has 10 heteroatoms. The highest BCUT2D eigenvalue weighted by atomic mass is 16.5. The van der Waals surface area contributed by atoms with Gasteiger partial charge in [-0.2, -0.15) is 0 Å². The van der Waals surface area contributed by atoms with Crippen LogP contribution in [-0.2, 0) is 27.2 Å². The summed E-state index contributed by atoms with van der Waals surface area (Å²) in [7, 11) is 0. The molecule has 33 heavy (non-hydrogen) atoms. The van der Waals surface area contributed by atoms with E-state index in [2.05, 4.69) is 15.6 Å². The number of ether oxygens (including phenoxy) is 1. The van der Waals surface area contributed by atoms with Crippen LogP contribution in [0.25, 0.3) is 10.9 Å². The van der Waals surface area contributed by atoms with Gasteiger partial charge in [0.2, 0.25) is 11.8 Å². The van der Waals surface area contributed by atoms with E-state index < -0.39 is 23.8 Å². The van der Waals surface area contributed by atoms with Crippen LogP contribution < -0.4 is 26.8 Å². The lowest BCUT2D eigenvalue weighted by Gasteiger charge is -2.16. The summed E-state index contributed by atoms with van der Waals surface area (Å²) in [6.07, 6.45) is 2.78. The van der Waals surface area contributed by atoms with Gasteiger partial charge in [-0.1, -0.05) is 12.1 Å². The first-order chi connectivity index (χ1) is 15.9. The Hall–Kier alpha value is -4.05. The van der Waals surface area contributed by atoms with E-state index in [1.165, 1.54) is 12.1 Å². The van der Waals surface area contributed by atoms with E-state index in [0.717, 1.165) is 22.9 Å². The molecule has 0 saturated heterocycles. The molecule has 0 radical (unpaired) electrons. The fourth-order valence-corrected chi connectivity index (χ4v) is 3.32. The summed E-state index contributed by atoms with van der Waals surface area (Å²) >= 11 is 0. The number of H-pyrrole nitrogens is 1. The molecule has 0 spiro atoms. The summed E-state index contributed by atoms with van der Waals surface area (Å²) in [5, 5.41) is 15.3. The Morgan fingerprint density at radius 2 is 1.85 bits per heavy atom. The molecule has 0 aliphatic rings. The molecule has 174 valence electrons. The molecular formula is C23H27N5O5. The van der Waals surface area contributed by atoms with E-state index in [1.54, 1.807) is 18.2 Å². The van der Waals surface area contributed by atoms with Gasteiger partial charge < -0.3 is 36.9 Å². The third-order valence-corrected chi connectivity index (χ3v) is 5.02. The number of phenols is 1. The number of phenolic OH excluding ortho intramolecular Hbond substituents is 1. The number of nitrogens with two attached hydrogens (primary N) is 2. The van der Waals surface area contributed by atoms with Crippen molar-refractivity contribution in [3.63, 3.8) is 0 Å². The number of carbonyl (C=O) groups excluding carboxylic acids is 3. The van der Waals surface area contributed by atoms with Crippen LogP contribution in [0.1, 0.15) is 11.1 Å². The van der Waals surface area contributed by atoms with Gasteiger partial charge in [-0.05, 0) is 54.4 Å². The number of aromatic amines is 1. The first kappa shape index (κ1) is 23.6. The van der Waals surface area contributed by atoms with Gasteiger partial charge in [-0.3, -0.25) is 14.4 Å². The number of hydrogen-bond donors (Lipinski definition) is 6. The summed E-state index contributed by atoms with van der Waals surface area (Å²) < 4.78 is 5.54. The van der Waals surface area contributed by atoms with E-state index in [-0.39, 0.29) is 25.3 Å². The summed E-state index contributed by atoms with van der Waals surface area (Å²) in [5.74, 6) is -1.16. The van der Waals surface area contributed by atoms with Gasteiger partial charge in [0, 0.05) is 23.5 Å². The van der Waals surface area contributed by atoms with E-state index >= 15 is 0 Å². The van der Waals surface area contributed by atoms with Gasteiger partial charge >= 0.3 is 0 Å². The average Bonchev–Trinajstić information content (AvgIpc) is 3.19. The molecule has 0 fully saturated rings. The normalized spacial score (nSPS) is 11.7. The van der Waals surface area contributed by atoms with Crippen LogP contribution in [0, 0.1) is 0 Å². The number of amides is 3. The largest absolute Gasteiger partial charge is 0.508 e. The highest BCUT2D eigenvalue weighted by molar-refractivity contribution is 5.90. The molecular weight excluding hydrogens is 426 g/mol. The minimum atomic E-state index is -0.953. The van der Waals surface area contributed by atoms with Gasteiger partial charge in [-0.25, -0.2) is 0 Å². The average molecular weight is 453 g/mol. The Balaban J connectivity index is 1.47. The fraction of sp³-hybridized carbons (Fsp3) is 0.261. The number of benzene rings is 2. The highest BCUT2D eigenvalue weighted by Crippen LogP contribution is 2.24. The van der Waals surface area contributed by atoms with Crippen molar-refractivity contribution in [1.82, 2.24) is 15.6 Å². The van der Waals surface area contributed by atoms with Crippen molar-refractivity contribution in [1.29, 1.82) is 0 Å². The van der Waals surface area contributed by atoms with Crippen molar-refractivity contribution in [3.05, 3.63) is 59.8 Å². The van der Waals surface area contributed by atoms with Crippen molar-refractivity contribution in [2.24, 2.45) is 11.5 Å². The minimum Gasteiger partial charge on any atom is -0.508 e. The van der Waals surface area contributed by atoms with E-state index in [1.807, 2.05) is 18.3 Å². The second-order valence-corrected chi connectivity index (χ2v) is 7.52. The van der Waals surface area contributed by atoms with Gasteiger partial charge in [0.15, 0.2) is 6.61 Å². The third-order valence-electron chi connectivity index (χ3n) is 5.02. The van der Waals surface area contributed by atoms with E-state index in [4.69, 9.17) is 16.2 Å². The molecule has 10 nitrogen and oxygen atoms in total. The Kier molecular flexibility index (Phi) is 7.87. The van der Waals surface area contributed by atoms with Crippen LogP contribution in [0.2, 0.25) is 0 Å². The lowest BCUT2D eigenvalue weighted by molar-refractivity contribution is -0.129. The zero-order valence-electron chi connectivity index (χ0n) is 18.0. The first-order valence-corrected chi connectivity index (χ1v) is 10.4. The predicted octanol–water partition coefficient (Wildman–Crippen LogP) is 0.0825. The van der Waals surface area contributed by atoms with Crippen molar-refractivity contribution in [2.45, 2.75) is 18.9 Å². The van der Waals surface area contributed by atoms with Crippen LogP contribution in [-0.4, -0.2) is 53.6 Å². The van der Waals surface area contributed by atoms with Gasteiger partial charge in [0.1, 0.15) is 17.5 Å². The van der Waals surface area contributed by atoms with Gasteiger partial charge in [-0.15, -0.1) is 0 Å². The summed E-state index contributed by atoms with van der Waals surface area (Å²) in [6.45, 7) is -0.0880. The quantitative estimate of drug-likeness (QED) is 0.240. The van der Waals surface area contributed by atoms with Crippen molar-refractivity contribution >= 4 is 28.6 Å². The Labute approximate surface area is 190 Å². The van der Waals surface area contributed by atoms with Gasteiger partial charge in [0.25, 0.3) is 5.91 Å². The van der Waals surface area contributed by atoms with Crippen LogP contribution >= 0.6 is 0 Å². The maximum absolute atomic E-state index is 12.2. The van der Waals surface area contributed by atoms with Gasteiger partial charge in [0.05, 0.1) is 6.54 Å². The SMILES string of the molecule is NCCc1c[nH]c2ccc(OCC(=O)NCC(=O)NC(Cc3ccc(O)cc3)C(N)=O)cc12. The summed E-state index contributed by atoms with van der Waals surface area (Å²) in [5.41, 5.74) is 13.7. The number of hydrogen-bond acceptors (Lipinski definition) is 6. The fourth-order valence-electron chi connectivity index (χ4n) is 3.32. The molecule has 1 heterocycles. The number of fused-ring (bicyclic) bond motifs is 1. The molecule has 1 atom stereocenters. The third kappa shape index (κ3) is 6.71. The Morgan fingerprint density at radius 3 is 2.55 bits per heavy atom. The summed E-state index contributed by atoms with van der Waals surface area (Å²) in [6, 6.07) is 10.7. The van der Waals surface area contributed by atoms with E-state index in [9.17, 15) is 19.5 Å². The van der Waals surface area contributed by atoms with Crippen molar-refractivity contribution < 1.29 is 24.2 Å². The summed E-state index contributed by atoms with van der Waals surface area (Å²) in [4.78, 5) is 39.1. The van der Waals surface area contributed by atoms with Crippen LogP contribution in [0.5, 0.6) is 11.5 Å². The maximum Gasteiger partial charge on any atom is 0.258 e. The predicted molar refractivity (Wildman–Crippen MR) is 122 cm³/mol. The zero-order chi connectivity index (χ0) is 23.8. The first-order valence-electron chi connectivity index (χ1n) is 10.4. The number of aromatic nitrogens is 1. The molecule has 3 rings (SSSR count). The standard InChI is InChI=1S/C23H27N5O5/c24-8-7-15-11-26-19-6-5-17(10-18(15)19)33-13-22(31)27-12-21(30)28-20(23(25)32)9-14-1-3-16(29)4-2-14/h1-6,10-11,20,26,29H,7-9,12-13,24H2,(H2,25,32)(H,27,31)(H,28,30). The number of primary amides is 1. The van der Waals surface area contributed by atoms with Crippen LogP contribution in [0.4, 0.5) is 0 Å². The number of aromatic hydroxyl groups is 1. The lowest BCUT2D eigenvalue weighted by Crippen LogP contribution is -2.49. The smallest absolute Gasteiger partial charge is 0.258 e. The minimum absolute atomic E-state index is 0.0901. The number of nitrogens with one attached hydrogen (secondary N) is 3. The van der Waals surface area contributed by atoms with E-state index in [0.29, 0.717) is 17.9 Å². The Morgan fingerprint density at radius 1 is 1.09 bits per heavy atom. The topological polar surface area (TPSA) is 173 Å². The molecule has 0 aliphatic carbocycles. The molecule has 1 aromatic heterocycles. The maximum atomic E-state index is 12.2. The molecule has 3 aromatic rings. The Bertz CT molecular complexity index is 1130. The van der Waals surface area contributed by atoms with Crippen molar-refractivity contribution in [2.75, 3.05) is 19.7 Å². The molecule has 1 unspecified atom stereocenters.